The lowest BCUT2D eigenvalue weighted by molar-refractivity contribution is -0.121. The molecule has 1 amide bonds. The van der Waals surface area contributed by atoms with Gasteiger partial charge < -0.3 is 9.64 Å². The van der Waals surface area contributed by atoms with Crippen LogP contribution < -0.4 is 0 Å². The maximum Gasteiger partial charge on any atom is 0.410 e. The Labute approximate surface area is 102 Å². The van der Waals surface area contributed by atoms with E-state index in [1.165, 1.54) is 37.0 Å². The van der Waals surface area contributed by atoms with Crippen molar-refractivity contribution in [1.82, 2.24) is 4.90 Å². The quantitative estimate of drug-likeness (QED) is 0.743. The summed E-state index contributed by atoms with van der Waals surface area (Å²) < 4.78 is 5.30. The van der Waals surface area contributed by atoms with Crippen molar-refractivity contribution < 1.29 is 14.3 Å². The first kappa shape index (κ1) is 12.4. The molecule has 0 aromatic carbocycles. The number of ether oxygens (including phenoxy) is 1. The van der Waals surface area contributed by atoms with E-state index >= 15 is 0 Å². The second-order valence-electron chi connectivity index (χ2n) is 5.14. The van der Waals surface area contributed by atoms with E-state index in [0.29, 0.717) is 25.5 Å². The fraction of sp³-hybridized carbons (Fsp3) is 0.846. The molecule has 4 nitrogen and oxygen atoms in total. The molecule has 1 heterocycles. The van der Waals surface area contributed by atoms with E-state index in [-0.39, 0.29) is 18.4 Å². The Kier molecular flexibility index (Phi) is 4.40. The second-order valence-corrected chi connectivity index (χ2v) is 5.14. The number of carbonyl (C=O) groups is 2. The van der Waals surface area contributed by atoms with E-state index in [4.69, 9.17) is 4.74 Å². The maximum atomic E-state index is 11.7. The minimum Gasteiger partial charge on any atom is -0.449 e. The van der Waals surface area contributed by atoms with E-state index < -0.39 is 0 Å². The Bertz CT molecular complexity index is 284. The van der Waals surface area contributed by atoms with Crippen LogP contribution in [0.5, 0.6) is 0 Å². The van der Waals surface area contributed by atoms with Crippen LogP contribution in [0, 0.1) is 5.92 Å². The zero-order valence-corrected chi connectivity index (χ0v) is 10.3. The molecule has 1 saturated carbocycles. The van der Waals surface area contributed by atoms with Gasteiger partial charge in [-0.3, -0.25) is 4.79 Å². The molecule has 0 N–H and O–H groups in total. The van der Waals surface area contributed by atoms with Gasteiger partial charge in [0.1, 0.15) is 0 Å². The zero-order valence-electron chi connectivity index (χ0n) is 10.3. The second kappa shape index (κ2) is 6.03. The summed E-state index contributed by atoms with van der Waals surface area (Å²) in [6, 6.07) is 0. The van der Waals surface area contributed by atoms with Crippen LogP contribution in [0.1, 0.15) is 44.9 Å². The van der Waals surface area contributed by atoms with Gasteiger partial charge in [0, 0.05) is 13.0 Å². The maximum absolute atomic E-state index is 11.7. The van der Waals surface area contributed by atoms with Gasteiger partial charge in [0.2, 0.25) is 0 Å². The van der Waals surface area contributed by atoms with Gasteiger partial charge in [0.15, 0.2) is 5.78 Å². The largest absolute Gasteiger partial charge is 0.449 e. The van der Waals surface area contributed by atoms with Crippen LogP contribution in [-0.4, -0.2) is 36.5 Å². The Morgan fingerprint density at radius 2 is 2.00 bits per heavy atom. The Balaban J connectivity index is 1.70. The zero-order chi connectivity index (χ0) is 12.1. The third kappa shape index (κ3) is 3.72. The SMILES string of the molecule is O=C1CCCN(C(=O)OCC2CCCCC2)C1. The fourth-order valence-corrected chi connectivity index (χ4v) is 2.63. The number of hydrogen-bond donors (Lipinski definition) is 0. The number of hydrogen-bond acceptors (Lipinski definition) is 3. The highest BCUT2D eigenvalue weighted by Crippen LogP contribution is 2.24. The number of Topliss-reactive ketones (excluding diaryl/α,β-unsaturated/α-hetero) is 1. The van der Waals surface area contributed by atoms with Gasteiger partial charge >= 0.3 is 6.09 Å². The molecular formula is C13H21NO3. The predicted octanol–water partition coefficient (Wildman–Crippen LogP) is 2.37. The van der Waals surface area contributed by atoms with E-state index in [2.05, 4.69) is 0 Å². The molecule has 0 unspecified atom stereocenters. The lowest BCUT2D eigenvalue weighted by atomic mass is 9.90. The number of piperidine rings is 1. The average molecular weight is 239 g/mol. The molecule has 2 rings (SSSR count). The van der Waals surface area contributed by atoms with Gasteiger partial charge in [-0.05, 0) is 25.2 Å². The minimum absolute atomic E-state index is 0.144. The van der Waals surface area contributed by atoms with Crippen molar-refractivity contribution >= 4 is 11.9 Å². The van der Waals surface area contributed by atoms with Gasteiger partial charge in [-0.25, -0.2) is 4.79 Å². The molecule has 17 heavy (non-hydrogen) atoms. The van der Waals surface area contributed by atoms with E-state index in [9.17, 15) is 9.59 Å². The number of ketones is 1. The molecule has 4 heteroatoms. The first-order valence-electron chi connectivity index (χ1n) is 6.69. The fourth-order valence-electron chi connectivity index (χ4n) is 2.63. The van der Waals surface area contributed by atoms with Crippen molar-refractivity contribution in [3.8, 4) is 0 Å². The Morgan fingerprint density at radius 1 is 1.24 bits per heavy atom. The summed E-state index contributed by atoms with van der Waals surface area (Å²) in [6.45, 7) is 1.43. The summed E-state index contributed by atoms with van der Waals surface area (Å²) in [5, 5.41) is 0. The van der Waals surface area contributed by atoms with Crippen LogP contribution >= 0.6 is 0 Å². The Hall–Kier alpha value is -1.06. The number of nitrogens with zero attached hydrogens (tertiary/aromatic N) is 1. The lowest BCUT2D eigenvalue weighted by Crippen LogP contribution is -2.41. The average Bonchev–Trinajstić information content (AvgIpc) is 2.37. The van der Waals surface area contributed by atoms with Crippen LogP contribution in [0.15, 0.2) is 0 Å². The smallest absolute Gasteiger partial charge is 0.410 e. The molecule has 0 aromatic heterocycles. The van der Waals surface area contributed by atoms with E-state index in [1.807, 2.05) is 0 Å². The molecular weight excluding hydrogens is 218 g/mol. The molecule has 1 aliphatic heterocycles. The van der Waals surface area contributed by atoms with E-state index in [1.54, 1.807) is 0 Å². The molecule has 1 saturated heterocycles. The molecule has 0 atom stereocenters. The molecule has 2 aliphatic rings. The molecule has 0 radical (unpaired) electrons. The summed E-state index contributed by atoms with van der Waals surface area (Å²) >= 11 is 0. The number of likely N-dealkylation sites (tertiary alicyclic amines) is 1. The predicted molar refractivity (Wildman–Crippen MR) is 63.7 cm³/mol. The summed E-state index contributed by atoms with van der Waals surface area (Å²) in [4.78, 5) is 24.5. The monoisotopic (exact) mass is 239 g/mol. The number of rotatable bonds is 2. The summed E-state index contributed by atoms with van der Waals surface area (Å²) in [5.74, 6) is 0.680. The van der Waals surface area contributed by atoms with Crippen LogP contribution in [0.3, 0.4) is 0 Å². The van der Waals surface area contributed by atoms with Crippen molar-refractivity contribution in [2.75, 3.05) is 19.7 Å². The van der Waals surface area contributed by atoms with Crippen LogP contribution in [0.25, 0.3) is 0 Å². The van der Waals surface area contributed by atoms with Crippen LogP contribution in [0.4, 0.5) is 4.79 Å². The van der Waals surface area contributed by atoms with Crippen molar-refractivity contribution in [3.05, 3.63) is 0 Å². The van der Waals surface area contributed by atoms with Gasteiger partial charge in [0.25, 0.3) is 0 Å². The normalized spacial score (nSPS) is 22.6. The van der Waals surface area contributed by atoms with Gasteiger partial charge in [0.05, 0.1) is 13.2 Å². The molecule has 0 bridgehead atoms. The number of amides is 1. The molecule has 0 aromatic rings. The lowest BCUT2D eigenvalue weighted by Gasteiger charge is -2.27. The molecule has 1 aliphatic carbocycles. The van der Waals surface area contributed by atoms with Crippen LogP contribution in [-0.2, 0) is 9.53 Å². The Morgan fingerprint density at radius 3 is 2.71 bits per heavy atom. The summed E-state index contributed by atoms with van der Waals surface area (Å²) in [5.41, 5.74) is 0. The summed E-state index contributed by atoms with van der Waals surface area (Å²) in [7, 11) is 0. The van der Waals surface area contributed by atoms with Gasteiger partial charge in [-0.1, -0.05) is 19.3 Å². The van der Waals surface area contributed by atoms with Crippen molar-refractivity contribution in [2.45, 2.75) is 44.9 Å². The van der Waals surface area contributed by atoms with Crippen LogP contribution in [0.2, 0.25) is 0 Å². The van der Waals surface area contributed by atoms with Crippen molar-refractivity contribution in [3.63, 3.8) is 0 Å². The van der Waals surface area contributed by atoms with Gasteiger partial charge in [-0.15, -0.1) is 0 Å². The highest BCUT2D eigenvalue weighted by atomic mass is 16.6. The van der Waals surface area contributed by atoms with E-state index in [0.717, 1.165) is 6.42 Å². The molecule has 0 spiro atoms. The minimum atomic E-state index is -0.302. The van der Waals surface area contributed by atoms with Gasteiger partial charge in [-0.2, -0.15) is 0 Å². The first-order chi connectivity index (χ1) is 8.25. The van der Waals surface area contributed by atoms with Crippen molar-refractivity contribution in [1.29, 1.82) is 0 Å². The standard InChI is InChI=1S/C13H21NO3/c15-12-7-4-8-14(9-12)13(16)17-10-11-5-2-1-3-6-11/h11H,1-10H2. The number of carbonyl (C=O) groups excluding carboxylic acids is 2. The third-order valence-corrected chi connectivity index (χ3v) is 3.68. The summed E-state index contributed by atoms with van der Waals surface area (Å²) in [6.07, 6.45) is 7.24. The molecule has 2 fully saturated rings. The topological polar surface area (TPSA) is 46.6 Å². The highest BCUT2D eigenvalue weighted by molar-refractivity contribution is 5.85. The molecule has 96 valence electrons. The van der Waals surface area contributed by atoms with Crippen molar-refractivity contribution in [2.24, 2.45) is 5.92 Å². The third-order valence-electron chi connectivity index (χ3n) is 3.68. The highest BCUT2D eigenvalue weighted by Gasteiger charge is 2.23. The first-order valence-corrected chi connectivity index (χ1v) is 6.69.